The van der Waals surface area contributed by atoms with Crippen molar-refractivity contribution in [3.8, 4) is 11.5 Å². The number of methoxy groups -OCH3 is 2. The molecule has 2 rings (SSSR count). The highest BCUT2D eigenvalue weighted by Crippen LogP contribution is 2.33. The first-order valence-corrected chi connectivity index (χ1v) is 6.71. The van der Waals surface area contributed by atoms with Gasteiger partial charge in [-0.3, -0.25) is 0 Å². The quantitative estimate of drug-likeness (QED) is 0.834. The summed E-state index contributed by atoms with van der Waals surface area (Å²) in [5, 5.41) is 3.53. The zero-order valence-corrected chi connectivity index (χ0v) is 11.5. The predicted molar refractivity (Wildman–Crippen MR) is 74.6 cm³/mol. The average Bonchev–Trinajstić information content (AvgIpc) is 2.34. The normalized spacial score (nSPS) is 16.8. The summed E-state index contributed by atoms with van der Waals surface area (Å²) in [4.78, 5) is 0. The molecule has 0 aliphatic heterocycles. The molecule has 1 aromatic rings. The Kier molecular flexibility index (Phi) is 4.34. The van der Waals surface area contributed by atoms with Crippen LogP contribution in [0.3, 0.4) is 0 Å². The van der Waals surface area contributed by atoms with Crippen LogP contribution in [0.25, 0.3) is 0 Å². The maximum atomic E-state index is 5.37. The first kappa shape index (κ1) is 13.1. The molecule has 100 valence electrons. The second-order valence-electron chi connectivity index (χ2n) is 5.14. The van der Waals surface area contributed by atoms with Crippen molar-refractivity contribution < 1.29 is 9.47 Å². The third kappa shape index (κ3) is 3.09. The van der Waals surface area contributed by atoms with E-state index in [1.807, 2.05) is 18.2 Å². The Bertz CT molecular complexity index is 388. The largest absolute Gasteiger partial charge is 0.497 e. The number of hydrogen-bond donors (Lipinski definition) is 1. The Morgan fingerprint density at radius 2 is 2.06 bits per heavy atom. The molecule has 1 atom stereocenters. The minimum absolute atomic E-state index is 0.469. The molecule has 1 unspecified atom stereocenters. The van der Waals surface area contributed by atoms with Crippen LogP contribution >= 0.6 is 0 Å². The van der Waals surface area contributed by atoms with Gasteiger partial charge in [-0.15, -0.1) is 0 Å². The molecule has 0 spiro atoms. The third-order valence-electron chi connectivity index (χ3n) is 3.72. The first-order valence-electron chi connectivity index (χ1n) is 6.71. The van der Waals surface area contributed by atoms with Gasteiger partial charge in [0.1, 0.15) is 11.5 Å². The van der Waals surface area contributed by atoms with Gasteiger partial charge in [0.05, 0.1) is 19.9 Å². The molecule has 0 amide bonds. The maximum Gasteiger partial charge on any atom is 0.142 e. The fourth-order valence-corrected chi connectivity index (χ4v) is 2.48. The minimum Gasteiger partial charge on any atom is -0.497 e. The van der Waals surface area contributed by atoms with Gasteiger partial charge in [-0.2, -0.15) is 0 Å². The molecule has 0 aromatic heterocycles. The first-order chi connectivity index (χ1) is 8.72. The maximum absolute atomic E-state index is 5.37. The van der Waals surface area contributed by atoms with Crippen LogP contribution in [0.4, 0.5) is 5.69 Å². The molecule has 1 N–H and O–H groups in total. The molecule has 18 heavy (non-hydrogen) atoms. The Morgan fingerprint density at radius 3 is 2.61 bits per heavy atom. The number of ether oxygens (including phenoxy) is 2. The molecule has 0 saturated heterocycles. The van der Waals surface area contributed by atoms with Crippen molar-refractivity contribution in [1.29, 1.82) is 0 Å². The highest BCUT2D eigenvalue weighted by molar-refractivity contribution is 5.60. The Balaban J connectivity index is 2.00. The standard InChI is InChI=1S/C15H23NO2/c1-11(9-12-5-4-6-12)16-14-10-13(17-2)7-8-15(14)18-3/h7-8,10-12,16H,4-6,9H2,1-3H3. The molecular formula is C15H23NO2. The summed E-state index contributed by atoms with van der Waals surface area (Å²) < 4.78 is 10.6. The van der Waals surface area contributed by atoms with Crippen LogP contribution in [0.2, 0.25) is 0 Å². The monoisotopic (exact) mass is 249 g/mol. The lowest BCUT2D eigenvalue weighted by molar-refractivity contribution is 0.285. The van der Waals surface area contributed by atoms with E-state index in [2.05, 4.69) is 12.2 Å². The summed E-state index contributed by atoms with van der Waals surface area (Å²) in [6.07, 6.45) is 5.42. The van der Waals surface area contributed by atoms with Crippen LogP contribution in [-0.4, -0.2) is 20.3 Å². The zero-order chi connectivity index (χ0) is 13.0. The van der Waals surface area contributed by atoms with Gasteiger partial charge < -0.3 is 14.8 Å². The van der Waals surface area contributed by atoms with Gasteiger partial charge in [0.15, 0.2) is 0 Å². The summed E-state index contributed by atoms with van der Waals surface area (Å²) in [6, 6.07) is 6.32. The van der Waals surface area contributed by atoms with Gasteiger partial charge in [-0.25, -0.2) is 0 Å². The van der Waals surface area contributed by atoms with Gasteiger partial charge in [-0.05, 0) is 31.4 Å². The van der Waals surface area contributed by atoms with Crippen molar-refractivity contribution in [2.24, 2.45) is 5.92 Å². The topological polar surface area (TPSA) is 30.5 Å². The average molecular weight is 249 g/mol. The van der Waals surface area contributed by atoms with Gasteiger partial charge >= 0.3 is 0 Å². The van der Waals surface area contributed by atoms with Crippen LogP contribution in [-0.2, 0) is 0 Å². The van der Waals surface area contributed by atoms with E-state index in [4.69, 9.17) is 9.47 Å². The molecule has 1 saturated carbocycles. The van der Waals surface area contributed by atoms with Crippen molar-refractivity contribution in [3.63, 3.8) is 0 Å². The molecule has 1 aromatic carbocycles. The van der Waals surface area contributed by atoms with E-state index in [1.54, 1.807) is 14.2 Å². The van der Waals surface area contributed by atoms with Crippen molar-refractivity contribution in [2.45, 2.75) is 38.6 Å². The molecule has 1 aliphatic carbocycles. The smallest absolute Gasteiger partial charge is 0.142 e. The Morgan fingerprint density at radius 1 is 1.28 bits per heavy atom. The van der Waals surface area contributed by atoms with E-state index < -0.39 is 0 Å². The summed E-state index contributed by atoms with van der Waals surface area (Å²) in [7, 11) is 3.38. The van der Waals surface area contributed by atoms with E-state index in [0.29, 0.717) is 6.04 Å². The van der Waals surface area contributed by atoms with E-state index in [1.165, 1.54) is 25.7 Å². The molecule has 1 aliphatic rings. The molecule has 3 nitrogen and oxygen atoms in total. The van der Waals surface area contributed by atoms with Gasteiger partial charge in [0, 0.05) is 12.1 Å². The lowest BCUT2D eigenvalue weighted by atomic mass is 9.81. The van der Waals surface area contributed by atoms with E-state index in [-0.39, 0.29) is 0 Å². The SMILES string of the molecule is COc1ccc(OC)c(NC(C)CC2CCC2)c1. The highest BCUT2D eigenvalue weighted by atomic mass is 16.5. The number of benzene rings is 1. The van der Waals surface area contributed by atoms with Crippen LogP contribution < -0.4 is 14.8 Å². The van der Waals surface area contributed by atoms with Gasteiger partial charge in [-0.1, -0.05) is 19.3 Å². The number of nitrogens with one attached hydrogen (secondary N) is 1. The van der Waals surface area contributed by atoms with Crippen molar-refractivity contribution in [2.75, 3.05) is 19.5 Å². The fourth-order valence-electron chi connectivity index (χ4n) is 2.48. The number of hydrogen-bond acceptors (Lipinski definition) is 3. The second-order valence-corrected chi connectivity index (χ2v) is 5.14. The van der Waals surface area contributed by atoms with Crippen LogP contribution in [0.5, 0.6) is 11.5 Å². The third-order valence-corrected chi connectivity index (χ3v) is 3.72. The summed E-state index contributed by atoms with van der Waals surface area (Å²) in [5.41, 5.74) is 1.02. The molecule has 0 radical (unpaired) electrons. The van der Waals surface area contributed by atoms with Gasteiger partial charge in [0.2, 0.25) is 0 Å². The van der Waals surface area contributed by atoms with E-state index >= 15 is 0 Å². The lowest BCUT2D eigenvalue weighted by Crippen LogP contribution is -2.23. The van der Waals surface area contributed by atoms with Crippen LogP contribution in [0.1, 0.15) is 32.6 Å². The molecular weight excluding hydrogens is 226 g/mol. The fraction of sp³-hybridized carbons (Fsp3) is 0.600. The van der Waals surface area contributed by atoms with E-state index in [9.17, 15) is 0 Å². The summed E-state index contributed by atoms with van der Waals surface area (Å²) in [5.74, 6) is 2.63. The van der Waals surface area contributed by atoms with Crippen molar-refractivity contribution >= 4 is 5.69 Å². The molecule has 3 heteroatoms. The number of rotatable bonds is 6. The highest BCUT2D eigenvalue weighted by Gasteiger charge is 2.20. The molecule has 0 heterocycles. The number of anilines is 1. The summed E-state index contributed by atoms with van der Waals surface area (Å²) >= 11 is 0. The van der Waals surface area contributed by atoms with Crippen molar-refractivity contribution in [1.82, 2.24) is 0 Å². The molecule has 1 fully saturated rings. The Hall–Kier alpha value is -1.38. The van der Waals surface area contributed by atoms with Crippen LogP contribution in [0.15, 0.2) is 18.2 Å². The summed E-state index contributed by atoms with van der Waals surface area (Å²) in [6.45, 7) is 2.23. The predicted octanol–water partition coefficient (Wildman–Crippen LogP) is 3.69. The lowest BCUT2D eigenvalue weighted by Gasteiger charge is -2.29. The van der Waals surface area contributed by atoms with Crippen molar-refractivity contribution in [3.05, 3.63) is 18.2 Å². The Labute approximate surface area is 109 Å². The molecule has 0 bridgehead atoms. The van der Waals surface area contributed by atoms with Gasteiger partial charge in [0.25, 0.3) is 0 Å². The zero-order valence-electron chi connectivity index (χ0n) is 11.5. The minimum atomic E-state index is 0.469. The van der Waals surface area contributed by atoms with E-state index in [0.717, 1.165) is 23.1 Å². The van der Waals surface area contributed by atoms with Crippen LogP contribution in [0, 0.1) is 5.92 Å². The second kappa shape index (κ2) is 5.98.